The molecule has 109 heavy (non-hydrogen) atoms. The third-order valence-electron chi connectivity index (χ3n) is 15.3. The van der Waals surface area contributed by atoms with Crippen LogP contribution in [0.25, 0.3) is 0 Å². The monoisotopic (exact) mass is 1580 g/mol. The maximum Gasteiger partial charge on any atom is 0.573 e. The van der Waals surface area contributed by atoms with E-state index in [4.69, 9.17) is 5.73 Å². The number of carbonyl (C=O) groups excluding carboxylic acids is 7. The average molecular weight is 1580 g/mol. The molecular formula is C67H66F9N19O11S3. The Morgan fingerprint density at radius 1 is 0.413 bits per heavy atom. The number of rotatable bonds is 22. The van der Waals surface area contributed by atoms with Crippen LogP contribution < -0.4 is 50.6 Å². The van der Waals surface area contributed by atoms with Crippen LogP contribution in [0.2, 0.25) is 0 Å². The van der Waals surface area contributed by atoms with Gasteiger partial charge in [0.25, 0.3) is 0 Å². The minimum atomic E-state index is -4.80. The van der Waals surface area contributed by atoms with E-state index in [1.165, 1.54) is 104 Å². The van der Waals surface area contributed by atoms with Gasteiger partial charge in [-0.2, -0.15) is 0 Å². The Morgan fingerprint density at radius 3 is 0.982 bits per heavy atom. The quantitative estimate of drug-likeness (QED) is 0.0278. The van der Waals surface area contributed by atoms with E-state index in [9.17, 15) is 73.1 Å². The van der Waals surface area contributed by atoms with Gasteiger partial charge in [-0.1, -0.05) is 47.7 Å². The van der Waals surface area contributed by atoms with E-state index in [1.807, 2.05) is 0 Å². The van der Waals surface area contributed by atoms with Crippen LogP contribution >= 0.6 is 34.0 Å². The Kier molecular flexibility index (Phi) is 27.9. The minimum absolute atomic E-state index is 0.0483. The van der Waals surface area contributed by atoms with Gasteiger partial charge < -0.3 is 55.3 Å². The molecule has 9 aromatic rings. The predicted molar refractivity (Wildman–Crippen MR) is 377 cm³/mol. The lowest BCUT2D eigenvalue weighted by Crippen LogP contribution is -2.21. The van der Waals surface area contributed by atoms with Crippen molar-refractivity contribution < 1.29 is 92.0 Å². The summed E-state index contributed by atoms with van der Waals surface area (Å²) in [6.45, 7) is 9.78. The van der Waals surface area contributed by atoms with Crippen molar-refractivity contribution in [2.24, 2.45) is 0 Å². The Labute approximate surface area is 625 Å². The molecule has 5 N–H and O–H groups in total. The van der Waals surface area contributed by atoms with E-state index < -0.39 is 48.7 Å². The summed E-state index contributed by atoms with van der Waals surface area (Å²) in [5, 5.41) is 61.6. The Hall–Kier alpha value is -11.6. The van der Waals surface area contributed by atoms with Crippen LogP contribution in [0.1, 0.15) is 106 Å². The number of nitrogens with zero attached hydrogens (tertiary/aromatic N) is 15. The standard InChI is InChI=1S/2C22H21F3N6O3S.C19H18F3N7O2S.C4H6O3/c2*1-13(32)9-20-29-30-21(35-20)15-7-8-31(12-15)18-6-5-17(27-28-18)26-19(33)11-14-3-2-4-16(10-14)34-22(23,24)25;20-19(21,22)31-13-3-1-2-11(8-13)9-16(30)24-14-4-5-15(26-25-14)29-7-6-12(10-29)17-27-28-18(23)32-17;1-3(5)7-4(2)6/h2*2-6,10,15H,7-9,11-12H2,1H3,(H,26,27,33);1-5,8,12H,6-7,9-10H2,(H2,23,28)(H,24,25,30);1-2H3. The molecule has 12 rings (SSSR count). The van der Waals surface area contributed by atoms with Gasteiger partial charge >= 0.3 is 31.0 Å². The number of amides is 3. The summed E-state index contributed by atoms with van der Waals surface area (Å²) in [5.41, 5.74) is 6.74. The number of ketones is 2. The smallest absolute Gasteiger partial charge is 0.406 e. The number of halogens is 9. The fourth-order valence-corrected chi connectivity index (χ4v) is 13.7. The number of nitrogens with one attached hydrogen (secondary N) is 3. The second kappa shape index (κ2) is 37.3. The van der Waals surface area contributed by atoms with Crippen molar-refractivity contribution in [3.05, 3.63) is 151 Å². The number of alkyl halides is 9. The molecular weight excluding hydrogens is 1510 g/mol. The zero-order chi connectivity index (χ0) is 78.6. The predicted octanol–water partition coefficient (Wildman–Crippen LogP) is 10.1. The van der Waals surface area contributed by atoms with Gasteiger partial charge in [-0.3, -0.25) is 33.6 Å². The highest BCUT2D eigenvalue weighted by Gasteiger charge is 2.35. The largest absolute Gasteiger partial charge is 0.573 e. The van der Waals surface area contributed by atoms with E-state index in [0.29, 0.717) is 81.8 Å². The van der Waals surface area contributed by atoms with Crippen LogP contribution in [-0.4, -0.2) is 161 Å². The molecule has 3 fully saturated rings. The molecule has 0 bridgehead atoms. The molecule has 3 saturated heterocycles. The fraction of sp³-hybridized carbons (Fsp3) is 0.358. The summed E-state index contributed by atoms with van der Waals surface area (Å²) >= 11 is 4.28. The number of aromatic nitrogens is 12. The highest BCUT2D eigenvalue weighted by Crippen LogP contribution is 2.36. The summed E-state index contributed by atoms with van der Waals surface area (Å²) in [5.74, 6) is -0.255. The lowest BCUT2D eigenvalue weighted by molar-refractivity contribution is -0.275. The van der Waals surface area contributed by atoms with Gasteiger partial charge in [-0.05, 0) is 123 Å². The second-order valence-corrected chi connectivity index (χ2v) is 27.5. The van der Waals surface area contributed by atoms with Gasteiger partial charge in [-0.25, -0.2) is 0 Å². The zero-order valence-electron chi connectivity index (χ0n) is 57.9. The topological polar surface area (TPSA) is 383 Å². The van der Waals surface area contributed by atoms with E-state index >= 15 is 0 Å². The summed E-state index contributed by atoms with van der Waals surface area (Å²) in [6.07, 6.45) is -11.6. The molecule has 3 aliphatic heterocycles. The number of benzene rings is 3. The van der Waals surface area contributed by atoms with Gasteiger partial charge in [0.2, 0.25) is 22.9 Å². The van der Waals surface area contributed by atoms with E-state index in [-0.39, 0.29) is 83.3 Å². The first-order valence-electron chi connectivity index (χ1n) is 32.8. The number of anilines is 7. The van der Waals surface area contributed by atoms with Gasteiger partial charge in [0.15, 0.2) is 34.9 Å². The van der Waals surface area contributed by atoms with Gasteiger partial charge in [0, 0.05) is 70.9 Å². The lowest BCUT2D eigenvalue weighted by Gasteiger charge is -2.16. The number of Topliss-reactive ketones (excluding diaryl/α,β-unsaturated/α-hetero) is 2. The van der Waals surface area contributed by atoms with Gasteiger partial charge in [0.05, 0.1) is 32.1 Å². The van der Waals surface area contributed by atoms with Crippen molar-refractivity contribution in [2.45, 2.75) is 116 Å². The summed E-state index contributed by atoms with van der Waals surface area (Å²) in [6, 6.07) is 25.8. The van der Waals surface area contributed by atoms with E-state index in [1.54, 1.807) is 36.4 Å². The highest BCUT2D eigenvalue weighted by atomic mass is 32.1. The van der Waals surface area contributed by atoms with Crippen molar-refractivity contribution in [1.82, 2.24) is 61.2 Å². The summed E-state index contributed by atoms with van der Waals surface area (Å²) in [7, 11) is 0. The summed E-state index contributed by atoms with van der Waals surface area (Å²) < 4.78 is 127. The molecule has 3 atom stereocenters. The van der Waals surface area contributed by atoms with Crippen LogP contribution in [-0.2, 0) is 70.4 Å². The molecule has 0 radical (unpaired) electrons. The molecule has 576 valence electrons. The maximum atomic E-state index is 12.4. The number of carbonyl (C=O) groups is 7. The lowest BCUT2D eigenvalue weighted by atomic mass is 10.1. The molecule has 3 aliphatic rings. The molecule has 0 saturated carbocycles. The molecule has 30 nitrogen and oxygen atoms in total. The third kappa shape index (κ3) is 27.3. The van der Waals surface area contributed by atoms with Crippen molar-refractivity contribution in [3.63, 3.8) is 0 Å². The number of nitrogens with two attached hydrogens (primary N) is 1. The Bertz CT molecular complexity index is 4420. The van der Waals surface area contributed by atoms with Gasteiger partial charge in [0.1, 0.15) is 53.9 Å². The molecule has 0 spiro atoms. The highest BCUT2D eigenvalue weighted by molar-refractivity contribution is 7.15. The first-order valence-corrected chi connectivity index (χ1v) is 35.2. The van der Waals surface area contributed by atoms with Crippen LogP contribution in [0.4, 0.5) is 79.6 Å². The summed E-state index contributed by atoms with van der Waals surface area (Å²) in [4.78, 5) is 85.2. The van der Waals surface area contributed by atoms with Crippen molar-refractivity contribution in [1.29, 1.82) is 0 Å². The molecule has 42 heteroatoms. The second-order valence-electron chi connectivity index (χ2n) is 24.3. The number of nitrogen functional groups attached to an aromatic ring is 1. The average Bonchev–Trinajstić information content (AvgIpc) is 1.70. The molecule has 3 unspecified atom stereocenters. The number of hydrogen-bond acceptors (Lipinski definition) is 30. The number of esters is 2. The first kappa shape index (κ1) is 81.5. The minimum Gasteiger partial charge on any atom is -0.406 e. The molecule has 3 aromatic carbocycles. The first-order chi connectivity index (χ1) is 51.7. The Balaban J connectivity index is 0.000000180. The zero-order valence-corrected chi connectivity index (χ0v) is 60.4. The normalized spacial score (nSPS) is 15.4. The van der Waals surface area contributed by atoms with Crippen molar-refractivity contribution >= 4 is 115 Å². The fourth-order valence-electron chi connectivity index (χ4n) is 10.9. The number of hydrogen-bond donors (Lipinski definition) is 4. The van der Waals surface area contributed by atoms with Gasteiger partial charge in [-0.15, -0.1) is 123 Å². The Morgan fingerprint density at radius 2 is 0.725 bits per heavy atom. The van der Waals surface area contributed by atoms with E-state index in [2.05, 4.69) is 111 Å². The molecule has 9 heterocycles. The third-order valence-corrected chi connectivity index (χ3v) is 18.4. The van der Waals surface area contributed by atoms with Crippen molar-refractivity contribution in [3.8, 4) is 17.2 Å². The molecule has 3 amide bonds. The number of ether oxygens (including phenoxy) is 4. The van der Waals surface area contributed by atoms with Crippen LogP contribution in [0.5, 0.6) is 17.2 Å². The molecule has 6 aromatic heterocycles. The van der Waals surface area contributed by atoms with Crippen LogP contribution in [0, 0.1) is 0 Å². The maximum absolute atomic E-state index is 12.4. The molecule has 0 aliphatic carbocycles. The van der Waals surface area contributed by atoms with Crippen LogP contribution in [0.3, 0.4) is 0 Å². The van der Waals surface area contributed by atoms with Crippen molar-refractivity contribution in [2.75, 3.05) is 75.7 Å². The van der Waals surface area contributed by atoms with Crippen LogP contribution in [0.15, 0.2) is 109 Å². The SMILES string of the molecule is CC(=O)Cc1nnc(C2CCN(c3ccc(NC(=O)Cc4cccc(OC(F)(F)F)c4)nn3)C2)s1.CC(=O)Cc1nnc(C2CCN(c3ccc(NC(=O)Cc4cccc(OC(F)(F)F)c4)nn3)C2)s1.CC(=O)OC(C)=O.Nc1nnc(C2CCN(c3ccc(NC(=O)Cc4cccc(OC(F)(F)F)c4)nn3)C2)s1. The van der Waals surface area contributed by atoms with E-state index in [0.717, 1.165) is 84.3 Å².